The first kappa shape index (κ1) is 15.8. The van der Waals surface area contributed by atoms with Gasteiger partial charge in [-0.25, -0.2) is 4.57 Å². The summed E-state index contributed by atoms with van der Waals surface area (Å²) >= 11 is 0. The van der Waals surface area contributed by atoms with Gasteiger partial charge in [-0.1, -0.05) is 6.07 Å². The maximum absolute atomic E-state index is 12.0. The highest BCUT2D eigenvalue weighted by Gasteiger charge is 2.16. The third-order valence-corrected chi connectivity index (χ3v) is 3.68. The van der Waals surface area contributed by atoms with E-state index in [1.807, 2.05) is 50.6 Å². The van der Waals surface area contributed by atoms with E-state index in [1.54, 1.807) is 6.20 Å². The van der Waals surface area contributed by atoms with Gasteiger partial charge in [0.05, 0.1) is 0 Å². The number of hydrogen-bond acceptors (Lipinski definition) is 3. The van der Waals surface area contributed by atoms with Crippen molar-refractivity contribution < 1.29 is 19.2 Å². The maximum Gasteiger partial charge on any atom is 0.262 e. The Kier molecular flexibility index (Phi) is 4.65. The Labute approximate surface area is 130 Å². The highest BCUT2D eigenvalue weighted by atomic mass is 16.5. The van der Waals surface area contributed by atoms with Crippen molar-refractivity contribution in [3.63, 3.8) is 0 Å². The van der Waals surface area contributed by atoms with E-state index in [2.05, 4.69) is 5.32 Å². The highest BCUT2D eigenvalue weighted by Crippen LogP contribution is 2.26. The molecule has 0 unspecified atom stereocenters. The molecule has 116 valence electrons. The van der Waals surface area contributed by atoms with Crippen LogP contribution in [0.15, 0.2) is 30.5 Å². The molecule has 0 radical (unpaired) electrons. The molecule has 0 spiro atoms. The second-order valence-corrected chi connectivity index (χ2v) is 5.36. The van der Waals surface area contributed by atoms with Crippen LogP contribution in [-0.4, -0.2) is 17.6 Å². The van der Waals surface area contributed by atoms with Gasteiger partial charge in [0, 0.05) is 18.7 Å². The van der Waals surface area contributed by atoms with Crippen LogP contribution in [0.2, 0.25) is 0 Å². The Bertz CT molecular complexity index is 711. The number of rotatable bonds is 4. The number of aromatic nitrogens is 1. The van der Waals surface area contributed by atoms with Gasteiger partial charge in [-0.05, 0) is 37.1 Å². The Hall–Kier alpha value is -2.56. The fourth-order valence-electron chi connectivity index (χ4n) is 2.05. The van der Waals surface area contributed by atoms with Crippen LogP contribution in [0.4, 0.5) is 5.69 Å². The smallest absolute Gasteiger partial charge is 0.262 e. The number of benzene rings is 1. The Morgan fingerprint density at radius 1 is 1.23 bits per heavy atom. The van der Waals surface area contributed by atoms with E-state index in [9.17, 15) is 9.90 Å². The monoisotopic (exact) mass is 301 g/mol. The molecule has 2 rings (SSSR count). The fraction of sp³-hybridized carbons (Fsp3) is 0.294. The first-order valence-electron chi connectivity index (χ1n) is 7.06. The predicted octanol–water partition coefficient (Wildman–Crippen LogP) is 2.16. The van der Waals surface area contributed by atoms with Gasteiger partial charge in [0.15, 0.2) is 18.6 Å². The number of ether oxygens (including phenoxy) is 1. The van der Waals surface area contributed by atoms with Gasteiger partial charge in [0.1, 0.15) is 7.05 Å². The van der Waals surface area contributed by atoms with Crippen LogP contribution in [0, 0.1) is 20.8 Å². The second-order valence-electron chi connectivity index (χ2n) is 5.36. The molecule has 5 nitrogen and oxygen atoms in total. The van der Waals surface area contributed by atoms with E-state index < -0.39 is 0 Å². The largest absolute Gasteiger partial charge is 0.504 e. The van der Waals surface area contributed by atoms with Crippen molar-refractivity contribution in [2.24, 2.45) is 7.05 Å². The van der Waals surface area contributed by atoms with Gasteiger partial charge >= 0.3 is 0 Å². The normalized spacial score (nSPS) is 10.4. The van der Waals surface area contributed by atoms with Gasteiger partial charge in [-0.15, -0.1) is 0 Å². The molecule has 0 aliphatic carbocycles. The number of aromatic hydroxyl groups is 1. The lowest BCUT2D eigenvalue weighted by atomic mass is 10.1. The summed E-state index contributed by atoms with van der Waals surface area (Å²) in [5.41, 5.74) is 3.77. The second kappa shape index (κ2) is 6.47. The molecule has 0 fully saturated rings. The first-order valence-corrected chi connectivity index (χ1v) is 7.06. The van der Waals surface area contributed by atoms with Crippen molar-refractivity contribution in [1.29, 1.82) is 0 Å². The molecule has 0 aliphatic heterocycles. The van der Waals surface area contributed by atoms with Crippen LogP contribution < -0.4 is 14.6 Å². The number of pyridine rings is 1. The van der Waals surface area contributed by atoms with Crippen molar-refractivity contribution >= 4 is 11.6 Å². The number of nitrogens with one attached hydrogen (secondary N) is 1. The number of amides is 1. The number of aryl methyl sites for hydroxylation is 3. The van der Waals surface area contributed by atoms with Crippen molar-refractivity contribution in [2.45, 2.75) is 20.8 Å². The van der Waals surface area contributed by atoms with Gasteiger partial charge in [-0.3, -0.25) is 4.79 Å². The van der Waals surface area contributed by atoms with Gasteiger partial charge in [0.25, 0.3) is 5.91 Å². The summed E-state index contributed by atoms with van der Waals surface area (Å²) in [6.45, 7) is 5.67. The molecule has 1 aromatic heterocycles. The summed E-state index contributed by atoms with van der Waals surface area (Å²) in [5, 5.41) is 12.6. The fourth-order valence-corrected chi connectivity index (χ4v) is 2.05. The summed E-state index contributed by atoms with van der Waals surface area (Å²) in [6.07, 6.45) is 1.73. The minimum atomic E-state index is -0.270. The molecule has 0 saturated heterocycles. The van der Waals surface area contributed by atoms with Crippen LogP contribution in [0.1, 0.15) is 16.8 Å². The highest BCUT2D eigenvalue weighted by molar-refractivity contribution is 5.92. The molecule has 1 amide bonds. The third-order valence-electron chi connectivity index (χ3n) is 3.68. The van der Waals surface area contributed by atoms with Crippen LogP contribution in [-0.2, 0) is 11.8 Å². The minimum absolute atomic E-state index is 0.0228. The van der Waals surface area contributed by atoms with E-state index >= 15 is 0 Å². The van der Waals surface area contributed by atoms with Crippen LogP contribution in [0.5, 0.6) is 11.5 Å². The van der Waals surface area contributed by atoms with E-state index in [-0.39, 0.29) is 18.3 Å². The molecule has 22 heavy (non-hydrogen) atoms. The van der Waals surface area contributed by atoms with Gasteiger partial charge in [-0.2, -0.15) is 0 Å². The number of carbonyl (C=O) groups is 1. The maximum atomic E-state index is 12.0. The van der Waals surface area contributed by atoms with E-state index in [4.69, 9.17) is 4.74 Å². The molecule has 2 aromatic rings. The zero-order valence-electron chi connectivity index (χ0n) is 13.3. The molecule has 1 heterocycles. The number of nitrogens with zero attached hydrogens (tertiary/aromatic N) is 1. The van der Waals surface area contributed by atoms with Crippen LogP contribution >= 0.6 is 0 Å². The van der Waals surface area contributed by atoms with Gasteiger partial charge in [0.2, 0.25) is 11.4 Å². The molecular formula is C17H21N2O3+. The Morgan fingerprint density at radius 2 is 1.95 bits per heavy atom. The lowest BCUT2D eigenvalue weighted by Gasteiger charge is -2.10. The molecule has 2 N–H and O–H groups in total. The van der Waals surface area contributed by atoms with Crippen molar-refractivity contribution in [2.75, 3.05) is 11.9 Å². The number of anilines is 1. The SMILES string of the molecule is Cc1ccc(NC(=O)COc2c(O)cc[n+](C)c2C)cc1C. The molecule has 0 aliphatic rings. The number of carbonyl (C=O) groups excluding carboxylic acids is 1. The third kappa shape index (κ3) is 3.55. The molecular weight excluding hydrogens is 280 g/mol. The average molecular weight is 301 g/mol. The average Bonchev–Trinajstić information content (AvgIpc) is 2.47. The Morgan fingerprint density at radius 3 is 2.64 bits per heavy atom. The topological polar surface area (TPSA) is 62.4 Å². The summed E-state index contributed by atoms with van der Waals surface area (Å²) in [6, 6.07) is 7.26. The lowest BCUT2D eigenvalue weighted by Crippen LogP contribution is -2.32. The zero-order valence-corrected chi connectivity index (χ0v) is 13.3. The first-order chi connectivity index (χ1) is 10.4. The zero-order chi connectivity index (χ0) is 16.3. The molecule has 0 saturated carbocycles. The van der Waals surface area contributed by atoms with Gasteiger partial charge < -0.3 is 15.2 Å². The molecule has 1 aromatic carbocycles. The summed E-state index contributed by atoms with van der Waals surface area (Å²) in [7, 11) is 1.84. The summed E-state index contributed by atoms with van der Waals surface area (Å²) in [4.78, 5) is 12.0. The molecule has 5 heteroatoms. The van der Waals surface area contributed by atoms with Crippen LogP contribution in [0.25, 0.3) is 0 Å². The van der Waals surface area contributed by atoms with Crippen molar-refractivity contribution in [1.82, 2.24) is 0 Å². The molecule has 0 bridgehead atoms. The number of hydrogen-bond donors (Lipinski definition) is 2. The van der Waals surface area contributed by atoms with E-state index in [0.717, 1.165) is 16.9 Å². The quantitative estimate of drug-likeness (QED) is 0.851. The van der Waals surface area contributed by atoms with E-state index in [1.165, 1.54) is 11.6 Å². The van der Waals surface area contributed by atoms with Crippen LogP contribution in [0.3, 0.4) is 0 Å². The standard InChI is InChI=1S/C17H20N2O3/c1-11-5-6-14(9-12(11)2)18-16(21)10-22-17-13(3)19(4)8-7-15(17)20/h5-9H,10H2,1-4H3,(H,18,21)/p+1. The van der Waals surface area contributed by atoms with E-state index in [0.29, 0.717) is 5.75 Å². The molecule has 0 atom stereocenters. The minimum Gasteiger partial charge on any atom is -0.504 e. The summed E-state index contributed by atoms with van der Waals surface area (Å²) < 4.78 is 7.27. The van der Waals surface area contributed by atoms with Crippen molar-refractivity contribution in [3.05, 3.63) is 47.3 Å². The predicted molar refractivity (Wildman–Crippen MR) is 84.1 cm³/mol. The Balaban J connectivity index is 2.01. The summed E-state index contributed by atoms with van der Waals surface area (Å²) in [5.74, 6) is 0.0726. The lowest BCUT2D eigenvalue weighted by molar-refractivity contribution is -0.678. The van der Waals surface area contributed by atoms with Crippen molar-refractivity contribution in [3.8, 4) is 11.5 Å².